The van der Waals surface area contributed by atoms with E-state index in [0.717, 1.165) is 0 Å². The monoisotopic (exact) mass is 478 g/mol. The molecule has 2 aromatic rings. The normalized spacial score (nSPS) is 18.4. The Labute approximate surface area is 207 Å². The number of carbonyl (C=O) groups excluding carboxylic acids is 2. The van der Waals surface area contributed by atoms with Gasteiger partial charge in [0, 0.05) is 42.9 Å². The van der Waals surface area contributed by atoms with Crippen LogP contribution >= 0.6 is 0 Å². The van der Waals surface area contributed by atoms with E-state index < -0.39 is 6.10 Å². The first-order chi connectivity index (χ1) is 16.7. The molecule has 0 spiro atoms. The zero-order valence-corrected chi connectivity index (χ0v) is 21.0. The maximum Gasteiger partial charge on any atom is 0.321 e. The van der Waals surface area contributed by atoms with Crippen LogP contribution in [0.15, 0.2) is 42.6 Å². The third kappa shape index (κ3) is 6.74. The van der Waals surface area contributed by atoms with Gasteiger partial charge in [0.1, 0.15) is 11.7 Å². The van der Waals surface area contributed by atoms with E-state index in [0.29, 0.717) is 23.4 Å². The largest absolute Gasteiger partial charge is 0.472 e. The highest BCUT2D eigenvalue weighted by Gasteiger charge is 2.34. The fourth-order valence-electron chi connectivity index (χ4n) is 3.71. The number of likely N-dealkylation sites (N-methyl/N-ethyl adjacent to an activating group) is 1. The average molecular weight is 479 g/mol. The summed E-state index contributed by atoms with van der Waals surface area (Å²) in [4.78, 5) is 33.8. The first-order valence-electron chi connectivity index (χ1n) is 11.9. The van der Waals surface area contributed by atoms with E-state index in [1.54, 1.807) is 36.0 Å². The van der Waals surface area contributed by atoms with Gasteiger partial charge in [-0.25, -0.2) is 9.78 Å². The van der Waals surface area contributed by atoms with Gasteiger partial charge in [-0.3, -0.25) is 4.79 Å². The number of nitrogens with one attached hydrogen (secondary N) is 1. The number of aliphatic hydroxyl groups excluding tert-OH is 1. The summed E-state index contributed by atoms with van der Waals surface area (Å²) < 4.78 is 6.24. The quantitative estimate of drug-likeness (QED) is 0.642. The first-order valence-corrected chi connectivity index (χ1v) is 11.9. The van der Waals surface area contributed by atoms with Crippen LogP contribution in [0, 0.1) is 23.7 Å². The predicted molar refractivity (Wildman–Crippen MR) is 135 cm³/mol. The summed E-state index contributed by atoms with van der Waals surface area (Å²) >= 11 is 0. The highest BCUT2D eigenvalue weighted by atomic mass is 16.5. The maximum atomic E-state index is 13.4. The smallest absolute Gasteiger partial charge is 0.321 e. The van der Waals surface area contributed by atoms with Gasteiger partial charge in [0.15, 0.2) is 0 Å². The molecule has 3 rings (SSSR count). The molecule has 0 saturated carbocycles. The van der Waals surface area contributed by atoms with Crippen molar-refractivity contribution in [2.75, 3.05) is 32.1 Å². The van der Waals surface area contributed by atoms with E-state index in [-0.39, 0.29) is 48.8 Å². The van der Waals surface area contributed by atoms with Crippen LogP contribution in [0.4, 0.5) is 10.5 Å². The van der Waals surface area contributed by atoms with Gasteiger partial charge >= 0.3 is 6.03 Å². The molecule has 0 bridgehead atoms. The Kier molecular flexibility index (Phi) is 8.72. The molecule has 1 aliphatic heterocycles. The summed E-state index contributed by atoms with van der Waals surface area (Å²) in [7, 11) is 1.70. The molecule has 8 nitrogen and oxygen atoms in total. The van der Waals surface area contributed by atoms with Crippen LogP contribution in [0.5, 0.6) is 5.88 Å². The number of ether oxygens (including phenoxy) is 1. The maximum absolute atomic E-state index is 13.4. The van der Waals surface area contributed by atoms with Crippen molar-refractivity contribution in [2.45, 2.75) is 39.8 Å². The molecule has 1 aromatic carbocycles. The summed E-state index contributed by atoms with van der Waals surface area (Å²) in [6, 6.07) is 10.3. The molecule has 3 atom stereocenters. The third-order valence-electron chi connectivity index (χ3n) is 5.85. The fourth-order valence-corrected chi connectivity index (χ4v) is 3.71. The number of hydrogen-bond donors (Lipinski definition) is 2. The molecule has 2 N–H and O–H groups in total. The van der Waals surface area contributed by atoms with Gasteiger partial charge in [-0.05, 0) is 25.1 Å². The summed E-state index contributed by atoms with van der Waals surface area (Å²) in [5.41, 5.74) is 1.62. The summed E-state index contributed by atoms with van der Waals surface area (Å²) in [6.07, 6.45) is 1.16. The van der Waals surface area contributed by atoms with Gasteiger partial charge in [0.2, 0.25) is 5.88 Å². The molecule has 186 valence electrons. The minimum atomic E-state index is -0.429. The van der Waals surface area contributed by atoms with E-state index in [9.17, 15) is 14.7 Å². The minimum absolute atomic E-state index is 0.129. The van der Waals surface area contributed by atoms with Crippen molar-refractivity contribution >= 4 is 17.6 Å². The van der Waals surface area contributed by atoms with Gasteiger partial charge in [0.05, 0.1) is 19.2 Å². The van der Waals surface area contributed by atoms with Crippen LogP contribution in [0.3, 0.4) is 0 Å². The zero-order valence-electron chi connectivity index (χ0n) is 21.0. The van der Waals surface area contributed by atoms with Crippen molar-refractivity contribution in [1.29, 1.82) is 0 Å². The van der Waals surface area contributed by atoms with Gasteiger partial charge in [0.25, 0.3) is 5.91 Å². The fraction of sp³-hybridized carbons (Fsp3) is 0.444. The molecular weight excluding hydrogens is 444 g/mol. The zero-order chi connectivity index (χ0) is 25.5. The van der Waals surface area contributed by atoms with Gasteiger partial charge in [-0.2, -0.15) is 0 Å². The Bertz CT molecular complexity index is 1090. The van der Waals surface area contributed by atoms with Crippen LogP contribution in [0.25, 0.3) is 0 Å². The van der Waals surface area contributed by atoms with E-state index >= 15 is 0 Å². The molecule has 0 unspecified atom stereocenters. The molecule has 35 heavy (non-hydrogen) atoms. The average Bonchev–Trinajstić information content (AvgIpc) is 2.84. The number of rotatable bonds is 5. The Morgan fingerprint density at radius 3 is 2.69 bits per heavy atom. The third-order valence-corrected chi connectivity index (χ3v) is 5.85. The van der Waals surface area contributed by atoms with Crippen LogP contribution in [0.1, 0.15) is 43.6 Å². The van der Waals surface area contributed by atoms with Crippen molar-refractivity contribution in [2.24, 2.45) is 11.8 Å². The number of hydrogen-bond acceptors (Lipinski definition) is 5. The number of nitrogens with zero attached hydrogens (tertiary/aromatic N) is 3. The molecular formula is C27H34N4O4. The van der Waals surface area contributed by atoms with Crippen LogP contribution in [-0.4, -0.2) is 70.7 Å². The standard InChI is InChI=1S/C27H34N4O4/c1-18(2)11-12-21-13-23-25(28-14-21)35-24(19(3)15-31(26(23)33)20(4)17-32)16-30(5)27(34)29-22-9-7-6-8-10-22/h6-10,13-14,18-20,24,32H,15-17H2,1-5H3,(H,29,34)/t19-,20+,24+/m0/s1. The van der Waals surface area contributed by atoms with E-state index in [1.165, 1.54) is 0 Å². The predicted octanol–water partition coefficient (Wildman–Crippen LogP) is 3.47. The number of amides is 3. The molecule has 1 aliphatic rings. The molecule has 3 amide bonds. The number of anilines is 1. The van der Waals surface area contributed by atoms with Crippen LogP contribution in [-0.2, 0) is 0 Å². The second-order valence-corrected chi connectivity index (χ2v) is 9.30. The Hall–Kier alpha value is -3.57. The summed E-state index contributed by atoms with van der Waals surface area (Å²) in [5, 5.41) is 12.7. The molecule has 0 radical (unpaired) electrons. The van der Waals surface area contributed by atoms with Crippen molar-refractivity contribution < 1.29 is 19.4 Å². The van der Waals surface area contributed by atoms with Gasteiger partial charge in [-0.1, -0.05) is 50.8 Å². The molecule has 8 heteroatoms. The second-order valence-electron chi connectivity index (χ2n) is 9.30. The van der Waals surface area contributed by atoms with Crippen molar-refractivity contribution in [1.82, 2.24) is 14.8 Å². The minimum Gasteiger partial charge on any atom is -0.472 e. The molecule has 0 fully saturated rings. The highest BCUT2D eigenvalue weighted by molar-refractivity contribution is 5.97. The number of pyridine rings is 1. The Balaban J connectivity index is 1.89. The highest BCUT2D eigenvalue weighted by Crippen LogP contribution is 2.27. The van der Waals surface area contributed by atoms with Crippen molar-refractivity contribution in [3.8, 4) is 17.7 Å². The number of aliphatic hydroxyl groups is 1. The van der Waals surface area contributed by atoms with Gasteiger partial charge < -0.3 is 25.0 Å². The molecule has 0 saturated heterocycles. The number of para-hydroxylation sites is 1. The number of carbonyl (C=O) groups is 2. The molecule has 2 heterocycles. The first kappa shape index (κ1) is 26.0. The van der Waals surface area contributed by atoms with Crippen molar-refractivity contribution in [3.63, 3.8) is 0 Å². The van der Waals surface area contributed by atoms with Crippen LogP contribution in [0.2, 0.25) is 0 Å². The Morgan fingerprint density at radius 2 is 2.03 bits per heavy atom. The van der Waals surface area contributed by atoms with E-state index in [2.05, 4.69) is 22.1 Å². The second kappa shape index (κ2) is 11.7. The molecule has 1 aromatic heterocycles. The number of aromatic nitrogens is 1. The number of benzene rings is 1. The summed E-state index contributed by atoms with van der Waals surface area (Å²) in [6.45, 7) is 8.22. The van der Waals surface area contributed by atoms with Crippen LogP contribution < -0.4 is 10.1 Å². The van der Waals surface area contributed by atoms with Gasteiger partial charge in [-0.15, -0.1) is 0 Å². The topological polar surface area (TPSA) is 95.0 Å². The number of urea groups is 1. The lowest BCUT2D eigenvalue weighted by atomic mass is 10.00. The lowest BCUT2D eigenvalue weighted by Crippen LogP contribution is -2.50. The lowest BCUT2D eigenvalue weighted by Gasteiger charge is -2.37. The Morgan fingerprint density at radius 1 is 1.31 bits per heavy atom. The lowest BCUT2D eigenvalue weighted by molar-refractivity contribution is 0.0356. The van der Waals surface area contributed by atoms with E-state index in [1.807, 2.05) is 51.1 Å². The van der Waals surface area contributed by atoms with E-state index in [4.69, 9.17) is 4.74 Å². The van der Waals surface area contributed by atoms with Crippen molar-refractivity contribution in [3.05, 3.63) is 53.7 Å². The molecule has 0 aliphatic carbocycles. The number of fused-ring (bicyclic) bond motifs is 1. The SMILES string of the molecule is CC(C)C#Cc1cnc2c(c1)C(=O)N([C@H](C)CO)C[C@H](C)[C@@H](CN(C)C(=O)Nc1ccccc1)O2. The summed E-state index contributed by atoms with van der Waals surface area (Å²) in [5.74, 6) is 6.12.